The van der Waals surface area contributed by atoms with E-state index in [1.165, 1.54) is 29.5 Å². The van der Waals surface area contributed by atoms with Gasteiger partial charge in [-0.15, -0.1) is 11.3 Å². The number of carbonyl (C=O) groups excluding carboxylic acids is 2. The summed E-state index contributed by atoms with van der Waals surface area (Å²) in [4.78, 5) is 32.1. The minimum absolute atomic E-state index is 0.0475. The highest BCUT2D eigenvalue weighted by Gasteiger charge is 2.23. The fourth-order valence-corrected chi connectivity index (χ4v) is 3.29. The molecule has 1 fully saturated rings. The van der Waals surface area contributed by atoms with E-state index in [4.69, 9.17) is 11.6 Å². The summed E-state index contributed by atoms with van der Waals surface area (Å²) in [6, 6.07) is 3.72. The van der Waals surface area contributed by atoms with Gasteiger partial charge in [0.05, 0.1) is 10.5 Å². The van der Waals surface area contributed by atoms with E-state index in [1.807, 2.05) is 0 Å². The number of urea groups is 1. The number of aromatic nitrogens is 1. The Morgan fingerprint density at radius 2 is 1.96 bits per heavy atom. The second-order valence-corrected chi connectivity index (χ2v) is 6.69. The number of amides is 3. The average molecular weight is 383 g/mol. The zero-order chi connectivity index (χ0) is 17.8. The van der Waals surface area contributed by atoms with Gasteiger partial charge >= 0.3 is 6.03 Å². The minimum Gasteiger partial charge on any atom is -0.335 e. The molecule has 6 nitrogen and oxygen atoms in total. The Balaban J connectivity index is 1.59. The molecule has 3 rings (SSSR count). The topological polar surface area (TPSA) is 65.5 Å². The van der Waals surface area contributed by atoms with E-state index in [1.54, 1.807) is 20.7 Å². The van der Waals surface area contributed by atoms with Crippen LogP contribution in [0.5, 0.6) is 0 Å². The molecule has 1 aliphatic heterocycles. The molecule has 9 heteroatoms. The van der Waals surface area contributed by atoms with Gasteiger partial charge in [-0.1, -0.05) is 11.6 Å². The summed E-state index contributed by atoms with van der Waals surface area (Å²) >= 11 is 7.10. The maximum Gasteiger partial charge on any atom is 0.321 e. The van der Waals surface area contributed by atoms with E-state index in [-0.39, 0.29) is 17.0 Å². The molecule has 132 valence electrons. The van der Waals surface area contributed by atoms with Gasteiger partial charge in [-0.25, -0.2) is 14.2 Å². The lowest BCUT2D eigenvalue weighted by molar-refractivity contribution is 0.0757. The predicted molar refractivity (Wildman–Crippen MR) is 94.6 cm³/mol. The fraction of sp³-hybridized carbons (Fsp3) is 0.312. The zero-order valence-electron chi connectivity index (χ0n) is 13.2. The SMILES string of the molecule is O=C(Nc1ccc(F)c(Cl)c1)N1CCCN(C(=O)c2cscn2)CC1. The molecule has 0 saturated carbocycles. The first kappa shape index (κ1) is 17.6. The molecule has 1 aromatic carbocycles. The highest BCUT2D eigenvalue weighted by atomic mass is 35.5. The molecule has 1 saturated heterocycles. The second-order valence-electron chi connectivity index (χ2n) is 5.57. The standard InChI is InChI=1S/C16H16ClFN4O2S/c17-12-8-11(2-3-13(12)18)20-16(24)22-5-1-4-21(6-7-22)15(23)14-9-25-10-19-14/h2-3,8-10H,1,4-7H2,(H,20,24). The van der Waals surface area contributed by atoms with Crippen molar-refractivity contribution in [2.45, 2.75) is 6.42 Å². The fourth-order valence-electron chi connectivity index (χ4n) is 2.58. The molecule has 3 amide bonds. The van der Waals surface area contributed by atoms with Gasteiger partial charge in [-0.05, 0) is 24.6 Å². The second kappa shape index (κ2) is 7.79. The van der Waals surface area contributed by atoms with E-state index in [0.29, 0.717) is 44.0 Å². The van der Waals surface area contributed by atoms with Gasteiger partial charge in [0.1, 0.15) is 11.5 Å². The number of thiazole rings is 1. The summed E-state index contributed by atoms with van der Waals surface area (Å²) in [5.74, 6) is -0.653. The van der Waals surface area contributed by atoms with Crippen LogP contribution >= 0.6 is 22.9 Å². The van der Waals surface area contributed by atoms with Gasteiger partial charge in [0.25, 0.3) is 5.91 Å². The normalized spacial score (nSPS) is 15.0. The largest absolute Gasteiger partial charge is 0.335 e. The quantitative estimate of drug-likeness (QED) is 0.866. The summed E-state index contributed by atoms with van der Waals surface area (Å²) in [5, 5.41) is 4.37. The smallest absolute Gasteiger partial charge is 0.321 e. The zero-order valence-corrected chi connectivity index (χ0v) is 14.8. The van der Waals surface area contributed by atoms with Crippen molar-refractivity contribution in [2.24, 2.45) is 0 Å². The molecule has 0 atom stereocenters. The molecular weight excluding hydrogens is 367 g/mol. The molecule has 0 spiro atoms. The Bertz CT molecular complexity index is 772. The van der Waals surface area contributed by atoms with Gasteiger partial charge in [-0.2, -0.15) is 0 Å². The van der Waals surface area contributed by atoms with E-state index in [9.17, 15) is 14.0 Å². The molecule has 0 aliphatic carbocycles. The number of rotatable bonds is 2. The number of carbonyl (C=O) groups is 2. The van der Waals surface area contributed by atoms with Gasteiger partial charge in [0.15, 0.2) is 0 Å². The van der Waals surface area contributed by atoms with Crippen molar-refractivity contribution < 1.29 is 14.0 Å². The first-order chi connectivity index (χ1) is 12.0. The summed E-state index contributed by atoms with van der Waals surface area (Å²) in [6.45, 7) is 1.95. The summed E-state index contributed by atoms with van der Waals surface area (Å²) in [7, 11) is 0. The lowest BCUT2D eigenvalue weighted by atomic mass is 10.3. The van der Waals surface area contributed by atoms with Crippen LogP contribution in [-0.4, -0.2) is 52.9 Å². The summed E-state index contributed by atoms with van der Waals surface area (Å²) in [6.07, 6.45) is 0.674. The highest BCUT2D eigenvalue weighted by Crippen LogP contribution is 2.20. The lowest BCUT2D eigenvalue weighted by Crippen LogP contribution is -2.39. The van der Waals surface area contributed by atoms with Crippen molar-refractivity contribution in [3.63, 3.8) is 0 Å². The van der Waals surface area contributed by atoms with Crippen LogP contribution in [0.1, 0.15) is 16.9 Å². The Morgan fingerprint density at radius 1 is 1.20 bits per heavy atom. The molecule has 1 aromatic heterocycles. The Morgan fingerprint density at radius 3 is 2.68 bits per heavy atom. The first-order valence-electron chi connectivity index (χ1n) is 7.73. The average Bonchev–Trinajstić information content (AvgIpc) is 3.02. The van der Waals surface area contributed by atoms with E-state index >= 15 is 0 Å². The van der Waals surface area contributed by atoms with Gasteiger partial charge in [0.2, 0.25) is 0 Å². The molecule has 2 aromatic rings. The van der Waals surface area contributed by atoms with Crippen LogP contribution in [0.2, 0.25) is 5.02 Å². The van der Waals surface area contributed by atoms with Crippen LogP contribution in [-0.2, 0) is 0 Å². The van der Waals surface area contributed by atoms with Crippen LogP contribution in [0.4, 0.5) is 14.9 Å². The number of anilines is 1. The maximum atomic E-state index is 13.2. The van der Waals surface area contributed by atoms with Crippen molar-refractivity contribution in [3.05, 3.63) is 45.6 Å². The Hall–Kier alpha value is -2.19. The highest BCUT2D eigenvalue weighted by molar-refractivity contribution is 7.07. The Labute approximate surface area is 153 Å². The third kappa shape index (κ3) is 4.26. The van der Waals surface area contributed by atoms with E-state index in [0.717, 1.165) is 0 Å². The molecule has 25 heavy (non-hydrogen) atoms. The van der Waals surface area contributed by atoms with E-state index < -0.39 is 5.82 Å². The van der Waals surface area contributed by atoms with Crippen LogP contribution in [0.3, 0.4) is 0 Å². The van der Waals surface area contributed by atoms with Crippen molar-refractivity contribution in [1.82, 2.24) is 14.8 Å². The predicted octanol–water partition coefficient (Wildman–Crippen LogP) is 3.32. The lowest BCUT2D eigenvalue weighted by Gasteiger charge is -2.22. The number of benzene rings is 1. The maximum absolute atomic E-state index is 13.2. The number of hydrogen-bond acceptors (Lipinski definition) is 4. The van der Waals surface area contributed by atoms with Crippen molar-refractivity contribution in [1.29, 1.82) is 0 Å². The van der Waals surface area contributed by atoms with Crippen molar-refractivity contribution in [2.75, 3.05) is 31.5 Å². The van der Waals surface area contributed by atoms with Gasteiger partial charge in [-0.3, -0.25) is 4.79 Å². The summed E-state index contributed by atoms with van der Waals surface area (Å²) < 4.78 is 13.2. The molecule has 1 aliphatic rings. The van der Waals surface area contributed by atoms with Gasteiger partial charge in [0, 0.05) is 37.2 Å². The van der Waals surface area contributed by atoms with E-state index in [2.05, 4.69) is 10.3 Å². The van der Waals surface area contributed by atoms with Crippen molar-refractivity contribution >= 4 is 40.6 Å². The third-order valence-corrected chi connectivity index (χ3v) is 4.77. The summed E-state index contributed by atoms with van der Waals surface area (Å²) in [5.41, 5.74) is 2.48. The van der Waals surface area contributed by atoms with Crippen LogP contribution in [0.25, 0.3) is 0 Å². The number of nitrogens with one attached hydrogen (secondary N) is 1. The Kier molecular flexibility index (Phi) is 5.50. The van der Waals surface area contributed by atoms with Gasteiger partial charge < -0.3 is 15.1 Å². The van der Waals surface area contributed by atoms with Crippen molar-refractivity contribution in [3.8, 4) is 0 Å². The number of halogens is 2. The molecule has 0 unspecified atom stereocenters. The molecule has 0 radical (unpaired) electrons. The number of hydrogen-bond donors (Lipinski definition) is 1. The first-order valence-corrected chi connectivity index (χ1v) is 9.05. The molecule has 2 heterocycles. The van der Waals surface area contributed by atoms with Crippen LogP contribution < -0.4 is 5.32 Å². The third-order valence-electron chi connectivity index (χ3n) is 3.89. The molecule has 1 N–H and O–H groups in total. The van der Waals surface area contributed by atoms with Crippen LogP contribution in [0.15, 0.2) is 29.1 Å². The number of nitrogens with zero attached hydrogens (tertiary/aromatic N) is 3. The minimum atomic E-state index is -0.536. The molecular formula is C16H16ClFN4O2S. The molecule has 0 bridgehead atoms. The monoisotopic (exact) mass is 382 g/mol. The van der Waals surface area contributed by atoms with Crippen LogP contribution in [0, 0.1) is 5.82 Å².